The molecular formula is C21H18F2N4O2S. The van der Waals surface area contributed by atoms with Gasteiger partial charge in [0.05, 0.1) is 16.7 Å². The fourth-order valence-corrected chi connectivity index (χ4v) is 3.94. The van der Waals surface area contributed by atoms with Crippen molar-refractivity contribution in [2.45, 2.75) is 37.2 Å². The number of fused-ring (bicyclic) bond motifs is 1. The zero-order valence-corrected chi connectivity index (χ0v) is 17.0. The Bertz CT molecular complexity index is 1260. The maximum absolute atomic E-state index is 13.6. The number of benzene rings is 2. The van der Waals surface area contributed by atoms with Crippen molar-refractivity contribution in [2.24, 2.45) is 0 Å². The predicted molar refractivity (Wildman–Crippen MR) is 109 cm³/mol. The smallest absolute Gasteiger partial charge is 0.262 e. The quantitative estimate of drug-likeness (QED) is 0.322. The molecular weight excluding hydrogens is 410 g/mol. The molecule has 6 nitrogen and oxygen atoms in total. The third-order valence-corrected chi connectivity index (χ3v) is 5.38. The monoisotopic (exact) mass is 428 g/mol. The average Bonchev–Trinajstić information content (AvgIpc) is 3.16. The lowest BCUT2D eigenvalue weighted by Gasteiger charge is -2.11. The standard InChI is InChI=1S/C21H18F2N4O2S/c1-2-8-27-20(28)16-11-15(23)6-7-17(16)24-21(27)30-12-19-25-18(26-29-19)10-13-4-3-5-14(22)9-13/h3-7,9,11H,2,8,10,12H2,1H3. The highest BCUT2D eigenvalue weighted by Crippen LogP contribution is 2.22. The van der Waals surface area contributed by atoms with E-state index in [1.165, 1.54) is 46.7 Å². The van der Waals surface area contributed by atoms with Crippen molar-refractivity contribution in [3.05, 3.63) is 81.7 Å². The lowest BCUT2D eigenvalue weighted by molar-refractivity contribution is 0.385. The molecule has 4 aromatic rings. The summed E-state index contributed by atoms with van der Waals surface area (Å²) in [5.74, 6) is 0.357. The highest BCUT2D eigenvalue weighted by atomic mass is 32.2. The van der Waals surface area contributed by atoms with Gasteiger partial charge in [-0.25, -0.2) is 13.8 Å². The molecule has 0 unspecified atom stereocenters. The van der Waals surface area contributed by atoms with Crippen LogP contribution in [0.1, 0.15) is 30.6 Å². The molecule has 2 aromatic carbocycles. The lowest BCUT2D eigenvalue weighted by Crippen LogP contribution is -2.23. The van der Waals surface area contributed by atoms with E-state index in [2.05, 4.69) is 15.1 Å². The van der Waals surface area contributed by atoms with E-state index >= 15 is 0 Å². The van der Waals surface area contributed by atoms with Gasteiger partial charge in [-0.15, -0.1) is 0 Å². The van der Waals surface area contributed by atoms with Gasteiger partial charge in [0, 0.05) is 13.0 Å². The first-order valence-electron chi connectivity index (χ1n) is 9.42. The number of thioether (sulfide) groups is 1. The molecule has 0 aliphatic rings. The van der Waals surface area contributed by atoms with Gasteiger partial charge < -0.3 is 4.52 Å². The number of rotatable bonds is 7. The van der Waals surface area contributed by atoms with Crippen molar-refractivity contribution >= 4 is 22.7 Å². The molecule has 0 radical (unpaired) electrons. The molecule has 0 aliphatic heterocycles. The molecule has 0 saturated carbocycles. The first-order valence-corrected chi connectivity index (χ1v) is 10.4. The summed E-state index contributed by atoms with van der Waals surface area (Å²) in [4.78, 5) is 21.7. The van der Waals surface area contributed by atoms with E-state index in [4.69, 9.17) is 4.52 Å². The van der Waals surface area contributed by atoms with Gasteiger partial charge in [-0.05, 0) is 42.3 Å². The Morgan fingerprint density at radius 2 is 1.93 bits per heavy atom. The average molecular weight is 428 g/mol. The Morgan fingerprint density at radius 3 is 2.73 bits per heavy atom. The molecule has 0 fully saturated rings. The minimum absolute atomic E-state index is 0.253. The van der Waals surface area contributed by atoms with Crippen molar-refractivity contribution in [1.29, 1.82) is 0 Å². The summed E-state index contributed by atoms with van der Waals surface area (Å²) in [5.41, 5.74) is 0.907. The van der Waals surface area contributed by atoms with Gasteiger partial charge in [0.25, 0.3) is 5.56 Å². The third kappa shape index (κ3) is 4.40. The number of aromatic nitrogens is 4. The van der Waals surface area contributed by atoms with E-state index in [-0.39, 0.29) is 16.8 Å². The number of halogens is 2. The van der Waals surface area contributed by atoms with Crippen molar-refractivity contribution in [2.75, 3.05) is 0 Å². The first-order chi connectivity index (χ1) is 14.5. The van der Waals surface area contributed by atoms with Gasteiger partial charge in [0.2, 0.25) is 5.89 Å². The van der Waals surface area contributed by atoms with Crippen LogP contribution in [-0.4, -0.2) is 19.7 Å². The van der Waals surface area contributed by atoms with Gasteiger partial charge in [0.15, 0.2) is 11.0 Å². The summed E-state index contributed by atoms with van der Waals surface area (Å²) in [6, 6.07) is 10.2. The molecule has 0 saturated heterocycles. The largest absolute Gasteiger partial charge is 0.338 e. The maximum atomic E-state index is 13.6. The summed E-state index contributed by atoms with van der Waals surface area (Å²) >= 11 is 1.30. The van der Waals surface area contributed by atoms with Crippen LogP contribution in [0.4, 0.5) is 8.78 Å². The van der Waals surface area contributed by atoms with Crippen LogP contribution in [0.2, 0.25) is 0 Å². The fraction of sp³-hybridized carbons (Fsp3) is 0.238. The molecule has 0 spiro atoms. The lowest BCUT2D eigenvalue weighted by atomic mass is 10.1. The maximum Gasteiger partial charge on any atom is 0.262 e. The Kier molecular flexibility index (Phi) is 5.89. The SMILES string of the molecule is CCCn1c(SCc2nc(Cc3cccc(F)c3)no2)nc2ccc(F)cc2c1=O. The van der Waals surface area contributed by atoms with E-state index in [9.17, 15) is 13.6 Å². The van der Waals surface area contributed by atoms with E-state index in [0.717, 1.165) is 12.0 Å². The minimum Gasteiger partial charge on any atom is -0.338 e. The van der Waals surface area contributed by atoms with E-state index in [1.807, 2.05) is 6.92 Å². The summed E-state index contributed by atoms with van der Waals surface area (Å²) in [7, 11) is 0. The Morgan fingerprint density at radius 1 is 1.10 bits per heavy atom. The van der Waals surface area contributed by atoms with Gasteiger partial charge >= 0.3 is 0 Å². The van der Waals surface area contributed by atoms with Crippen molar-refractivity contribution in [1.82, 2.24) is 19.7 Å². The van der Waals surface area contributed by atoms with Crippen LogP contribution in [0.3, 0.4) is 0 Å². The van der Waals surface area contributed by atoms with Gasteiger partial charge in [-0.3, -0.25) is 9.36 Å². The predicted octanol–water partition coefficient (Wildman–Crippen LogP) is 4.35. The molecule has 30 heavy (non-hydrogen) atoms. The van der Waals surface area contributed by atoms with Gasteiger partial charge in [-0.2, -0.15) is 4.98 Å². The summed E-state index contributed by atoms with van der Waals surface area (Å²) < 4.78 is 33.7. The molecule has 154 valence electrons. The Labute approximate surface area is 175 Å². The van der Waals surface area contributed by atoms with Crippen LogP contribution in [-0.2, 0) is 18.7 Å². The molecule has 0 bridgehead atoms. The molecule has 0 aliphatic carbocycles. The molecule has 9 heteroatoms. The number of hydrogen-bond donors (Lipinski definition) is 0. The Hall–Kier alpha value is -3.07. The van der Waals surface area contributed by atoms with Crippen molar-refractivity contribution in [3.8, 4) is 0 Å². The molecule has 2 aromatic heterocycles. The minimum atomic E-state index is -0.471. The summed E-state index contributed by atoms with van der Waals surface area (Å²) in [6.07, 6.45) is 1.08. The van der Waals surface area contributed by atoms with E-state index in [1.54, 1.807) is 12.1 Å². The number of hydrogen-bond acceptors (Lipinski definition) is 6. The molecule has 2 heterocycles. The Balaban J connectivity index is 1.55. The third-order valence-electron chi connectivity index (χ3n) is 4.41. The zero-order valence-electron chi connectivity index (χ0n) is 16.1. The normalized spacial score (nSPS) is 11.3. The summed E-state index contributed by atoms with van der Waals surface area (Å²) in [5, 5.41) is 4.70. The second kappa shape index (κ2) is 8.74. The second-order valence-electron chi connectivity index (χ2n) is 6.71. The van der Waals surface area contributed by atoms with Crippen LogP contribution in [0.5, 0.6) is 0 Å². The first kappa shape index (κ1) is 20.2. The van der Waals surface area contributed by atoms with Crippen molar-refractivity contribution in [3.63, 3.8) is 0 Å². The second-order valence-corrected chi connectivity index (χ2v) is 7.65. The highest BCUT2D eigenvalue weighted by molar-refractivity contribution is 7.98. The fourth-order valence-electron chi connectivity index (χ4n) is 3.08. The van der Waals surface area contributed by atoms with Crippen LogP contribution in [0.25, 0.3) is 10.9 Å². The van der Waals surface area contributed by atoms with Gasteiger partial charge in [-0.1, -0.05) is 36.0 Å². The molecule has 0 N–H and O–H groups in total. The summed E-state index contributed by atoms with van der Waals surface area (Å²) in [6.45, 7) is 2.42. The van der Waals surface area contributed by atoms with Crippen LogP contribution in [0, 0.1) is 11.6 Å². The van der Waals surface area contributed by atoms with Crippen LogP contribution >= 0.6 is 11.8 Å². The van der Waals surface area contributed by atoms with Crippen LogP contribution < -0.4 is 5.56 Å². The topological polar surface area (TPSA) is 73.8 Å². The van der Waals surface area contributed by atoms with E-state index in [0.29, 0.717) is 41.1 Å². The van der Waals surface area contributed by atoms with E-state index < -0.39 is 5.82 Å². The zero-order chi connectivity index (χ0) is 21.1. The van der Waals surface area contributed by atoms with Gasteiger partial charge in [0.1, 0.15) is 11.6 Å². The molecule has 4 rings (SSSR count). The van der Waals surface area contributed by atoms with Crippen molar-refractivity contribution < 1.29 is 13.3 Å². The van der Waals surface area contributed by atoms with Crippen LogP contribution in [0.15, 0.2) is 56.9 Å². The number of nitrogens with zero attached hydrogens (tertiary/aromatic N) is 4. The highest BCUT2D eigenvalue weighted by Gasteiger charge is 2.14. The molecule has 0 atom stereocenters. The molecule has 0 amide bonds.